The van der Waals surface area contributed by atoms with Crippen LogP contribution in [-0.2, 0) is 13.2 Å². The molecule has 3 rings (SSSR count). The Hall–Kier alpha value is -2.21. The Kier molecular flexibility index (Phi) is 4.94. The molecule has 1 N–H and O–H groups in total. The van der Waals surface area contributed by atoms with Gasteiger partial charge < -0.3 is 9.84 Å². The van der Waals surface area contributed by atoms with Gasteiger partial charge >= 0.3 is 0 Å². The Morgan fingerprint density at radius 2 is 2.08 bits per heavy atom. The van der Waals surface area contributed by atoms with Crippen molar-refractivity contribution in [3.05, 3.63) is 46.0 Å². The van der Waals surface area contributed by atoms with E-state index in [-0.39, 0.29) is 23.5 Å². The highest BCUT2D eigenvalue weighted by Crippen LogP contribution is 2.27. The first kappa shape index (κ1) is 16.6. The summed E-state index contributed by atoms with van der Waals surface area (Å²) >= 11 is 0. The average Bonchev–Trinajstić information content (AvgIpc) is 3.09. The molecule has 24 heavy (non-hydrogen) atoms. The average molecular weight is 332 g/mol. The van der Waals surface area contributed by atoms with Gasteiger partial charge in [-0.1, -0.05) is 12.8 Å². The highest BCUT2D eigenvalue weighted by molar-refractivity contribution is 5.60. The minimum absolute atomic E-state index is 0.153. The summed E-state index contributed by atoms with van der Waals surface area (Å²) < 4.78 is 20.3. The summed E-state index contributed by atoms with van der Waals surface area (Å²) in [6.45, 7) is 0.177. The summed E-state index contributed by atoms with van der Waals surface area (Å²) in [7, 11) is 1.40. The van der Waals surface area contributed by atoms with Gasteiger partial charge in [-0.05, 0) is 43.0 Å². The van der Waals surface area contributed by atoms with Crippen LogP contribution in [0.25, 0.3) is 11.3 Å². The molecule has 1 saturated carbocycles. The van der Waals surface area contributed by atoms with Crippen molar-refractivity contribution in [1.82, 2.24) is 9.78 Å². The molecule has 0 aliphatic heterocycles. The maximum Gasteiger partial charge on any atom is 0.272 e. The van der Waals surface area contributed by atoms with E-state index in [1.165, 1.54) is 42.8 Å². The first-order valence-corrected chi connectivity index (χ1v) is 8.18. The Balaban J connectivity index is 2.01. The normalized spacial score (nSPS) is 15.0. The summed E-state index contributed by atoms with van der Waals surface area (Å²) in [4.78, 5) is 12.4. The second-order valence-electron chi connectivity index (χ2n) is 6.20. The topological polar surface area (TPSA) is 64.3 Å². The second kappa shape index (κ2) is 7.13. The molecule has 1 aliphatic carbocycles. The van der Waals surface area contributed by atoms with Gasteiger partial charge in [0.25, 0.3) is 5.56 Å². The van der Waals surface area contributed by atoms with Crippen LogP contribution in [0.5, 0.6) is 5.75 Å². The van der Waals surface area contributed by atoms with Gasteiger partial charge in [0.05, 0.1) is 19.4 Å². The molecule has 0 bridgehead atoms. The van der Waals surface area contributed by atoms with Crippen LogP contribution in [0.2, 0.25) is 0 Å². The second-order valence-corrected chi connectivity index (χ2v) is 6.20. The first-order valence-electron chi connectivity index (χ1n) is 8.18. The van der Waals surface area contributed by atoms with Crippen molar-refractivity contribution in [3.8, 4) is 17.0 Å². The van der Waals surface area contributed by atoms with Crippen molar-refractivity contribution in [2.24, 2.45) is 5.92 Å². The number of hydrogen-bond donors (Lipinski definition) is 1. The van der Waals surface area contributed by atoms with Crippen molar-refractivity contribution in [3.63, 3.8) is 0 Å². The van der Waals surface area contributed by atoms with Gasteiger partial charge in [0.15, 0.2) is 11.6 Å². The lowest BCUT2D eigenvalue weighted by molar-refractivity contribution is 0.277. The molecule has 1 aromatic carbocycles. The molecule has 128 valence electrons. The van der Waals surface area contributed by atoms with Crippen LogP contribution in [0.3, 0.4) is 0 Å². The van der Waals surface area contributed by atoms with Crippen LogP contribution in [0.1, 0.15) is 31.2 Å². The lowest BCUT2D eigenvalue weighted by atomic mass is 10.1. The molecule has 1 heterocycles. The van der Waals surface area contributed by atoms with Crippen molar-refractivity contribution >= 4 is 0 Å². The van der Waals surface area contributed by atoms with Gasteiger partial charge in [-0.3, -0.25) is 4.79 Å². The SMILES string of the molecule is COc1ccc(-c2cc(CO)c(=O)n(CC3CCCC3)n2)cc1F. The van der Waals surface area contributed by atoms with Crippen LogP contribution < -0.4 is 10.3 Å². The van der Waals surface area contributed by atoms with E-state index in [2.05, 4.69) is 5.10 Å². The zero-order valence-corrected chi connectivity index (χ0v) is 13.7. The summed E-state index contributed by atoms with van der Waals surface area (Å²) in [5, 5.41) is 13.9. The number of ether oxygens (including phenoxy) is 1. The molecule has 2 aromatic rings. The van der Waals surface area contributed by atoms with Gasteiger partial charge in [-0.15, -0.1) is 0 Å². The van der Waals surface area contributed by atoms with Crippen LogP contribution in [0, 0.1) is 11.7 Å². The highest BCUT2D eigenvalue weighted by Gasteiger charge is 2.18. The molecule has 1 fully saturated rings. The number of hydrogen-bond acceptors (Lipinski definition) is 4. The van der Waals surface area contributed by atoms with Crippen LogP contribution in [0.4, 0.5) is 4.39 Å². The Morgan fingerprint density at radius 3 is 2.71 bits per heavy atom. The molecule has 0 radical (unpaired) electrons. The van der Waals surface area contributed by atoms with E-state index in [1.807, 2.05) is 0 Å². The van der Waals surface area contributed by atoms with Gasteiger partial charge in [0, 0.05) is 17.7 Å². The standard InChI is InChI=1S/C18H21FN2O3/c1-24-17-7-6-13(8-15(17)19)16-9-14(11-22)18(23)21(20-16)10-12-4-2-3-5-12/h6-9,12,22H,2-5,10-11H2,1H3. The van der Waals surface area contributed by atoms with Gasteiger partial charge in [0.2, 0.25) is 0 Å². The molecular formula is C18H21FN2O3. The summed E-state index contributed by atoms with van der Waals surface area (Å²) in [5.74, 6) is 0.0981. The number of aliphatic hydroxyl groups excluding tert-OH is 1. The molecule has 1 aromatic heterocycles. The van der Waals surface area contributed by atoms with Crippen LogP contribution in [-0.4, -0.2) is 22.0 Å². The summed E-state index contributed by atoms with van der Waals surface area (Å²) in [6, 6.07) is 6.06. The minimum Gasteiger partial charge on any atom is -0.494 e. The van der Waals surface area contributed by atoms with Crippen molar-refractivity contribution in [2.75, 3.05) is 7.11 Å². The number of methoxy groups -OCH3 is 1. The lowest BCUT2D eigenvalue weighted by Crippen LogP contribution is -2.29. The fourth-order valence-corrected chi connectivity index (χ4v) is 3.24. The quantitative estimate of drug-likeness (QED) is 0.914. The predicted octanol–water partition coefficient (Wildman–Crippen LogP) is 2.74. The third kappa shape index (κ3) is 3.33. The van der Waals surface area contributed by atoms with E-state index in [0.29, 0.717) is 23.7 Å². The van der Waals surface area contributed by atoms with Crippen molar-refractivity contribution < 1.29 is 14.2 Å². The third-order valence-corrected chi connectivity index (χ3v) is 4.57. The Bertz CT molecular complexity index is 782. The molecule has 0 unspecified atom stereocenters. The van der Waals surface area contributed by atoms with Crippen LogP contribution in [0.15, 0.2) is 29.1 Å². The molecular weight excluding hydrogens is 311 g/mol. The first-order chi connectivity index (χ1) is 11.6. The number of benzene rings is 1. The van der Waals surface area contributed by atoms with Gasteiger partial charge in [-0.25, -0.2) is 9.07 Å². The van der Waals surface area contributed by atoms with E-state index in [9.17, 15) is 14.3 Å². The molecule has 1 aliphatic rings. The number of nitrogens with zero attached hydrogens (tertiary/aromatic N) is 2. The lowest BCUT2D eigenvalue weighted by Gasteiger charge is -2.14. The molecule has 0 atom stereocenters. The molecule has 0 saturated heterocycles. The van der Waals surface area contributed by atoms with E-state index in [4.69, 9.17) is 4.74 Å². The number of aliphatic hydroxyl groups is 1. The third-order valence-electron chi connectivity index (χ3n) is 4.57. The van der Waals surface area contributed by atoms with Crippen LogP contribution >= 0.6 is 0 Å². The Labute approximate surface area is 139 Å². The summed E-state index contributed by atoms with van der Waals surface area (Å²) in [5.41, 5.74) is 1.01. The maximum absolute atomic E-state index is 14.0. The van der Waals surface area contributed by atoms with E-state index in [0.717, 1.165) is 12.8 Å². The van der Waals surface area contributed by atoms with E-state index in [1.54, 1.807) is 6.07 Å². The Morgan fingerprint density at radius 1 is 1.33 bits per heavy atom. The van der Waals surface area contributed by atoms with Crippen molar-refractivity contribution in [2.45, 2.75) is 38.8 Å². The summed E-state index contributed by atoms with van der Waals surface area (Å²) in [6.07, 6.45) is 4.53. The number of aromatic nitrogens is 2. The largest absolute Gasteiger partial charge is 0.494 e. The molecule has 0 spiro atoms. The molecule has 5 nitrogen and oxygen atoms in total. The number of halogens is 1. The fourth-order valence-electron chi connectivity index (χ4n) is 3.24. The molecule has 6 heteroatoms. The van der Waals surface area contributed by atoms with Gasteiger partial charge in [-0.2, -0.15) is 5.10 Å². The fraction of sp³-hybridized carbons (Fsp3) is 0.444. The van der Waals surface area contributed by atoms with Crippen molar-refractivity contribution in [1.29, 1.82) is 0 Å². The zero-order chi connectivity index (χ0) is 17.1. The minimum atomic E-state index is -0.490. The predicted molar refractivity (Wildman–Crippen MR) is 88.3 cm³/mol. The van der Waals surface area contributed by atoms with E-state index < -0.39 is 5.82 Å². The number of rotatable bonds is 5. The highest BCUT2D eigenvalue weighted by atomic mass is 19.1. The monoisotopic (exact) mass is 332 g/mol. The van der Waals surface area contributed by atoms with Gasteiger partial charge in [0.1, 0.15) is 0 Å². The smallest absolute Gasteiger partial charge is 0.272 e. The zero-order valence-electron chi connectivity index (χ0n) is 13.7. The molecule has 0 amide bonds. The van der Waals surface area contributed by atoms with E-state index >= 15 is 0 Å². The maximum atomic E-state index is 14.0.